The molecule has 0 radical (unpaired) electrons. The molecule has 0 aliphatic carbocycles. The highest BCUT2D eigenvalue weighted by molar-refractivity contribution is 6.00. The summed E-state index contributed by atoms with van der Waals surface area (Å²) in [6, 6.07) is 12.2. The molecule has 158 valence electrons. The number of hydrogen-bond donors (Lipinski definition) is 3. The molecule has 0 saturated heterocycles. The molecule has 0 aliphatic heterocycles. The number of rotatable bonds is 9. The van der Waals surface area contributed by atoms with Gasteiger partial charge >= 0.3 is 0 Å². The predicted octanol–water partition coefficient (Wildman–Crippen LogP) is 2.44. The van der Waals surface area contributed by atoms with Crippen LogP contribution in [-0.4, -0.2) is 38.6 Å². The molecule has 2 rings (SSSR count). The number of carbonyl (C=O) groups excluding carboxylic acids is 2. The van der Waals surface area contributed by atoms with Gasteiger partial charge in [0.1, 0.15) is 0 Å². The summed E-state index contributed by atoms with van der Waals surface area (Å²) in [5.74, 6) is 0.728. The van der Waals surface area contributed by atoms with Gasteiger partial charge in [0.25, 0.3) is 5.91 Å². The van der Waals surface area contributed by atoms with Gasteiger partial charge in [-0.25, -0.2) is 0 Å². The third kappa shape index (κ3) is 6.14. The van der Waals surface area contributed by atoms with Gasteiger partial charge in [0.15, 0.2) is 11.5 Å². The van der Waals surface area contributed by atoms with Crippen molar-refractivity contribution in [3.05, 3.63) is 53.1 Å². The first-order chi connectivity index (χ1) is 14.4. The first kappa shape index (κ1) is 22.6. The van der Waals surface area contributed by atoms with Crippen molar-refractivity contribution < 1.29 is 19.1 Å². The normalized spacial score (nSPS) is 11.0. The first-order valence-electron chi connectivity index (χ1n) is 9.42. The van der Waals surface area contributed by atoms with E-state index < -0.39 is 0 Å². The highest BCUT2D eigenvalue weighted by atomic mass is 16.5. The van der Waals surface area contributed by atoms with Gasteiger partial charge in [-0.1, -0.05) is 6.07 Å². The molecule has 1 unspecified atom stereocenters. The van der Waals surface area contributed by atoms with Crippen LogP contribution >= 0.6 is 0 Å². The van der Waals surface area contributed by atoms with Gasteiger partial charge in [0.05, 0.1) is 31.4 Å². The Balaban J connectivity index is 2.15. The van der Waals surface area contributed by atoms with Crippen molar-refractivity contribution in [2.45, 2.75) is 26.4 Å². The quantitative estimate of drug-likeness (QED) is 0.585. The average molecular weight is 410 g/mol. The second-order valence-corrected chi connectivity index (χ2v) is 6.73. The maximum atomic E-state index is 12.8. The summed E-state index contributed by atoms with van der Waals surface area (Å²) in [4.78, 5) is 24.0. The van der Waals surface area contributed by atoms with Crippen molar-refractivity contribution in [3.8, 4) is 17.6 Å². The lowest BCUT2D eigenvalue weighted by Gasteiger charge is -2.18. The summed E-state index contributed by atoms with van der Waals surface area (Å²) < 4.78 is 10.5. The Morgan fingerprint density at radius 3 is 2.43 bits per heavy atom. The maximum Gasteiger partial charge on any atom is 0.253 e. The number of nitrogens with zero attached hydrogens (tertiary/aromatic N) is 1. The molecule has 8 nitrogen and oxygen atoms in total. The van der Waals surface area contributed by atoms with Crippen molar-refractivity contribution in [1.29, 1.82) is 5.26 Å². The van der Waals surface area contributed by atoms with E-state index in [4.69, 9.17) is 9.47 Å². The molecule has 1 atom stereocenters. The lowest BCUT2D eigenvalue weighted by atomic mass is 10.1. The highest BCUT2D eigenvalue weighted by Gasteiger charge is 2.15. The second kappa shape index (κ2) is 10.7. The van der Waals surface area contributed by atoms with Gasteiger partial charge in [0.2, 0.25) is 5.91 Å². The van der Waals surface area contributed by atoms with Crippen LogP contribution in [0, 0.1) is 11.3 Å². The molecule has 0 aromatic heterocycles. The zero-order valence-corrected chi connectivity index (χ0v) is 17.5. The maximum absolute atomic E-state index is 12.8. The number of nitriles is 1. The standard InChI is InChI=1S/C22H26N4O4/c1-14(12-24-15(2)27)26-19-7-5-16(11-23)9-18(19)22(28)25-13-17-6-8-20(29-3)21(10-17)30-4/h5-10,14,26H,12-13H2,1-4H3,(H,24,27)(H,25,28). The SMILES string of the molecule is COc1ccc(CNC(=O)c2cc(C#N)ccc2NC(C)CNC(C)=O)cc1OC. The first-order valence-corrected chi connectivity index (χ1v) is 9.42. The monoisotopic (exact) mass is 410 g/mol. The van der Waals surface area contributed by atoms with E-state index in [0.29, 0.717) is 34.9 Å². The van der Waals surface area contributed by atoms with E-state index in [0.717, 1.165) is 5.56 Å². The lowest BCUT2D eigenvalue weighted by Crippen LogP contribution is -2.34. The lowest BCUT2D eigenvalue weighted by molar-refractivity contribution is -0.118. The van der Waals surface area contributed by atoms with Crippen LogP contribution in [0.5, 0.6) is 11.5 Å². The molecule has 0 spiro atoms. The van der Waals surface area contributed by atoms with Gasteiger partial charge in [-0.2, -0.15) is 5.26 Å². The summed E-state index contributed by atoms with van der Waals surface area (Å²) in [6.07, 6.45) is 0. The van der Waals surface area contributed by atoms with Crippen LogP contribution in [-0.2, 0) is 11.3 Å². The molecule has 0 saturated carbocycles. The predicted molar refractivity (Wildman–Crippen MR) is 114 cm³/mol. The Morgan fingerprint density at radius 2 is 1.80 bits per heavy atom. The molecule has 30 heavy (non-hydrogen) atoms. The fraction of sp³-hybridized carbons (Fsp3) is 0.318. The molecule has 3 N–H and O–H groups in total. The topological polar surface area (TPSA) is 112 Å². The zero-order chi connectivity index (χ0) is 22.1. The number of amides is 2. The number of nitrogens with one attached hydrogen (secondary N) is 3. The van der Waals surface area contributed by atoms with Crippen molar-refractivity contribution >= 4 is 17.5 Å². The Hall–Kier alpha value is -3.73. The minimum atomic E-state index is -0.323. The van der Waals surface area contributed by atoms with Gasteiger partial charge in [-0.05, 0) is 42.8 Å². The van der Waals surface area contributed by atoms with E-state index in [1.165, 1.54) is 13.0 Å². The summed E-state index contributed by atoms with van der Waals surface area (Å²) in [5.41, 5.74) is 2.15. The van der Waals surface area contributed by atoms with E-state index in [-0.39, 0.29) is 24.4 Å². The number of hydrogen-bond acceptors (Lipinski definition) is 6. The van der Waals surface area contributed by atoms with Gasteiger partial charge in [-0.15, -0.1) is 0 Å². The Kier molecular flexibility index (Phi) is 8.06. The molecule has 0 bridgehead atoms. The molecular formula is C22H26N4O4. The zero-order valence-electron chi connectivity index (χ0n) is 17.5. The molecular weight excluding hydrogens is 384 g/mol. The molecule has 8 heteroatoms. The van der Waals surface area contributed by atoms with Crippen LogP contribution in [0.4, 0.5) is 5.69 Å². The molecule has 2 aromatic rings. The number of ether oxygens (including phenoxy) is 2. The number of methoxy groups -OCH3 is 2. The second-order valence-electron chi connectivity index (χ2n) is 6.73. The molecule has 0 aliphatic rings. The van der Waals surface area contributed by atoms with E-state index >= 15 is 0 Å². The molecule has 2 amide bonds. The number of carbonyl (C=O) groups is 2. The fourth-order valence-electron chi connectivity index (χ4n) is 2.81. The Labute approximate surface area is 176 Å². The van der Waals surface area contributed by atoms with Crippen LogP contribution in [0.1, 0.15) is 35.3 Å². The Bertz CT molecular complexity index is 953. The van der Waals surface area contributed by atoms with Gasteiger partial charge in [0, 0.05) is 31.7 Å². The smallest absolute Gasteiger partial charge is 0.253 e. The average Bonchev–Trinajstić information content (AvgIpc) is 2.75. The van der Waals surface area contributed by atoms with Crippen LogP contribution in [0.3, 0.4) is 0 Å². The highest BCUT2D eigenvalue weighted by Crippen LogP contribution is 2.27. The Morgan fingerprint density at radius 1 is 1.07 bits per heavy atom. The van der Waals surface area contributed by atoms with Crippen molar-refractivity contribution in [2.75, 3.05) is 26.1 Å². The summed E-state index contributed by atoms with van der Waals surface area (Å²) in [7, 11) is 3.11. The van der Waals surface area contributed by atoms with Gasteiger partial charge in [-0.3, -0.25) is 9.59 Å². The van der Waals surface area contributed by atoms with Crippen molar-refractivity contribution in [1.82, 2.24) is 10.6 Å². The molecule has 0 heterocycles. The fourth-order valence-corrected chi connectivity index (χ4v) is 2.81. The van der Waals surface area contributed by atoms with E-state index in [9.17, 15) is 14.9 Å². The number of anilines is 1. The summed E-state index contributed by atoms with van der Waals surface area (Å²) in [5, 5.41) is 18.0. The van der Waals surface area contributed by atoms with E-state index in [2.05, 4.69) is 16.0 Å². The number of benzene rings is 2. The van der Waals surface area contributed by atoms with E-state index in [1.54, 1.807) is 38.5 Å². The third-order valence-corrected chi connectivity index (χ3v) is 4.35. The third-order valence-electron chi connectivity index (χ3n) is 4.35. The molecule has 0 fully saturated rings. The van der Waals surface area contributed by atoms with Crippen LogP contribution < -0.4 is 25.4 Å². The minimum absolute atomic E-state index is 0.112. The van der Waals surface area contributed by atoms with Crippen LogP contribution in [0.15, 0.2) is 36.4 Å². The summed E-state index contributed by atoms with van der Waals surface area (Å²) in [6.45, 7) is 4.01. The largest absolute Gasteiger partial charge is 0.493 e. The van der Waals surface area contributed by atoms with Crippen LogP contribution in [0.2, 0.25) is 0 Å². The van der Waals surface area contributed by atoms with Gasteiger partial charge < -0.3 is 25.4 Å². The molecule has 2 aromatic carbocycles. The van der Waals surface area contributed by atoms with Crippen LogP contribution in [0.25, 0.3) is 0 Å². The van der Waals surface area contributed by atoms with Crippen molar-refractivity contribution in [2.24, 2.45) is 0 Å². The minimum Gasteiger partial charge on any atom is -0.493 e. The van der Waals surface area contributed by atoms with Crippen molar-refractivity contribution in [3.63, 3.8) is 0 Å². The van der Waals surface area contributed by atoms with E-state index in [1.807, 2.05) is 19.1 Å². The summed E-state index contributed by atoms with van der Waals surface area (Å²) >= 11 is 0.